The van der Waals surface area contributed by atoms with Gasteiger partial charge in [0.05, 0.1) is 0 Å². The van der Waals surface area contributed by atoms with Crippen molar-refractivity contribution in [2.45, 2.75) is 20.3 Å². The van der Waals surface area contributed by atoms with Crippen LogP contribution in [0.1, 0.15) is 29.4 Å². The van der Waals surface area contributed by atoms with Crippen LogP contribution in [0.5, 0.6) is 0 Å². The Balaban J connectivity index is 2.90. The molecule has 0 N–H and O–H groups in total. The second-order valence-electron chi connectivity index (χ2n) is 2.46. The van der Waals surface area contributed by atoms with Gasteiger partial charge in [-0.25, -0.2) is 0 Å². The predicted molar refractivity (Wildman–Crippen MR) is 43.6 cm³/mol. The molecule has 0 aliphatic rings. The van der Waals surface area contributed by atoms with E-state index in [1.54, 1.807) is 6.20 Å². The number of hydrogen-bond acceptors (Lipinski definition) is 2. The van der Waals surface area contributed by atoms with Crippen LogP contribution in [-0.2, 0) is 0 Å². The molecule has 1 rings (SSSR count). The van der Waals surface area contributed by atoms with Crippen molar-refractivity contribution in [2.75, 3.05) is 0 Å². The highest BCUT2D eigenvalue weighted by atomic mass is 16.1. The molecule has 0 atom stereocenters. The number of nitrogens with zero attached hydrogens (tertiary/aromatic N) is 1. The van der Waals surface area contributed by atoms with Gasteiger partial charge in [0, 0.05) is 23.9 Å². The molecule has 0 radical (unpaired) electrons. The smallest absolute Gasteiger partial charge is 0.164 e. The Morgan fingerprint density at radius 1 is 1.55 bits per heavy atom. The van der Waals surface area contributed by atoms with Gasteiger partial charge in [-0.3, -0.25) is 9.78 Å². The van der Waals surface area contributed by atoms with E-state index in [1.165, 1.54) is 0 Å². The molecule has 58 valence electrons. The maximum Gasteiger partial charge on any atom is 0.164 e. The zero-order valence-electron chi connectivity index (χ0n) is 6.79. The average molecular weight is 149 g/mol. The van der Waals surface area contributed by atoms with Crippen LogP contribution in [-0.4, -0.2) is 10.8 Å². The Morgan fingerprint density at radius 3 is 2.73 bits per heavy atom. The Bertz CT molecular complexity index is 251. The quantitative estimate of drug-likeness (QED) is 0.602. The average Bonchev–Trinajstić information content (AvgIpc) is 2.05. The Hall–Kier alpha value is -1.18. The molecule has 2 heteroatoms. The Morgan fingerprint density at radius 2 is 2.27 bits per heavy atom. The summed E-state index contributed by atoms with van der Waals surface area (Å²) >= 11 is 0. The minimum atomic E-state index is 0.150. The van der Waals surface area contributed by atoms with Gasteiger partial charge >= 0.3 is 0 Å². The number of Topliss-reactive ketones (excluding diaryl/α,β-unsaturated/α-hetero) is 1. The Labute approximate surface area is 66.3 Å². The van der Waals surface area contributed by atoms with Crippen LogP contribution in [0.4, 0.5) is 0 Å². The third-order valence-corrected chi connectivity index (χ3v) is 1.55. The van der Waals surface area contributed by atoms with Gasteiger partial charge < -0.3 is 0 Å². The summed E-state index contributed by atoms with van der Waals surface area (Å²) in [7, 11) is 0. The molecule has 0 bridgehead atoms. The molecule has 0 spiro atoms. The highest BCUT2D eigenvalue weighted by Crippen LogP contribution is 2.02. The normalized spacial score (nSPS) is 9.64. The van der Waals surface area contributed by atoms with Crippen LogP contribution >= 0.6 is 0 Å². The van der Waals surface area contributed by atoms with Gasteiger partial charge in [0.15, 0.2) is 5.78 Å². The lowest BCUT2D eigenvalue weighted by Crippen LogP contribution is -1.97. The van der Waals surface area contributed by atoms with E-state index in [0.29, 0.717) is 12.0 Å². The number of ketones is 1. The molecular formula is C9H11NO. The highest BCUT2D eigenvalue weighted by molar-refractivity contribution is 5.95. The largest absolute Gasteiger partial charge is 0.294 e. The van der Waals surface area contributed by atoms with Gasteiger partial charge in [0.2, 0.25) is 0 Å². The van der Waals surface area contributed by atoms with E-state index >= 15 is 0 Å². The van der Waals surface area contributed by atoms with Crippen LogP contribution in [0.15, 0.2) is 18.3 Å². The van der Waals surface area contributed by atoms with Crippen molar-refractivity contribution >= 4 is 5.78 Å². The van der Waals surface area contributed by atoms with Gasteiger partial charge in [-0.2, -0.15) is 0 Å². The number of carbonyl (C=O) groups excluding carboxylic acids is 1. The van der Waals surface area contributed by atoms with Crippen LogP contribution < -0.4 is 0 Å². The van der Waals surface area contributed by atoms with E-state index in [2.05, 4.69) is 4.98 Å². The molecule has 1 heterocycles. The lowest BCUT2D eigenvalue weighted by atomic mass is 10.1. The zero-order valence-corrected chi connectivity index (χ0v) is 6.79. The summed E-state index contributed by atoms with van der Waals surface area (Å²) in [5.74, 6) is 0.150. The van der Waals surface area contributed by atoms with Crippen LogP contribution in [0.25, 0.3) is 0 Å². The van der Waals surface area contributed by atoms with Crippen molar-refractivity contribution < 1.29 is 4.79 Å². The molecule has 0 aliphatic carbocycles. The molecule has 0 aliphatic heterocycles. The summed E-state index contributed by atoms with van der Waals surface area (Å²) in [5, 5.41) is 0. The van der Waals surface area contributed by atoms with E-state index in [1.807, 2.05) is 26.0 Å². The summed E-state index contributed by atoms with van der Waals surface area (Å²) in [6, 6.07) is 3.66. The molecule has 1 aromatic rings. The molecule has 0 amide bonds. The van der Waals surface area contributed by atoms with Gasteiger partial charge in [-0.1, -0.05) is 6.92 Å². The SMILES string of the molecule is CCC(=O)c1ccc(C)nc1. The van der Waals surface area contributed by atoms with E-state index in [9.17, 15) is 4.79 Å². The van der Waals surface area contributed by atoms with Crippen molar-refractivity contribution in [2.24, 2.45) is 0 Å². The molecule has 0 fully saturated rings. The molecule has 2 nitrogen and oxygen atoms in total. The maximum absolute atomic E-state index is 11.1. The van der Waals surface area contributed by atoms with E-state index in [-0.39, 0.29) is 5.78 Å². The van der Waals surface area contributed by atoms with Crippen molar-refractivity contribution in [3.8, 4) is 0 Å². The fraction of sp³-hybridized carbons (Fsp3) is 0.333. The summed E-state index contributed by atoms with van der Waals surface area (Å²) in [5.41, 5.74) is 1.65. The maximum atomic E-state index is 11.1. The van der Waals surface area contributed by atoms with Crippen LogP contribution in [0.2, 0.25) is 0 Å². The minimum Gasteiger partial charge on any atom is -0.294 e. The summed E-state index contributed by atoms with van der Waals surface area (Å²) in [6.07, 6.45) is 2.17. The van der Waals surface area contributed by atoms with Gasteiger partial charge in [-0.15, -0.1) is 0 Å². The first-order chi connectivity index (χ1) is 5.24. The summed E-state index contributed by atoms with van der Waals surface area (Å²) < 4.78 is 0. The van der Waals surface area contributed by atoms with Crippen molar-refractivity contribution in [1.29, 1.82) is 0 Å². The zero-order chi connectivity index (χ0) is 8.27. The van der Waals surface area contributed by atoms with Gasteiger partial charge in [0.1, 0.15) is 0 Å². The molecule has 0 saturated heterocycles. The van der Waals surface area contributed by atoms with Crippen molar-refractivity contribution in [3.05, 3.63) is 29.6 Å². The van der Waals surface area contributed by atoms with Crippen LogP contribution in [0, 0.1) is 6.92 Å². The minimum absolute atomic E-state index is 0.150. The molecular weight excluding hydrogens is 138 g/mol. The number of carbonyl (C=O) groups is 1. The van der Waals surface area contributed by atoms with Gasteiger partial charge in [-0.05, 0) is 19.1 Å². The van der Waals surface area contributed by atoms with E-state index < -0.39 is 0 Å². The number of aromatic nitrogens is 1. The first kappa shape index (κ1) is 7.92. The van der Waals surface area contributed by atoms with E-state index in [4.69, 9.17) is 0 Å². The topological polar surface area (TPSA) is 30.0 Å². The molecule has 0 unspecified atom stereocenters. The third-order valence-electron chi connectivity index (χ3n) is 1.55. The monoisotopic (exact) mass is 149 g/mol. The van der Waals surface area contributed by atoms with Crippen LogP contribution in [0.3, 0.4) is 0 Å². The first-order valence-corrected chi connectivity index (χ1v) is 3.70. The molecule has 11 heavy (non-hydrogen) atoms. The number of rotatable bonds is 2. The van der Waals surface area contributed by atoms with Crippen molar-refractivity contribution in [1.82, 2.24) is 4.98 Å². The molecule has 0 saturated carbocycles. The van der Waals surface area contributed by atoms with E-state index in [0.717, 1.165) is 5.69 Å². The lowest BCUT2D eigenvalue weighted by Gasteiger charge is -1.96. The third kappa shape index (κ3) is 1.87. The predicted octanol–water partition coefficient (Wildman–Crippen LogP) is 1.98. The number of hydrogen-bond donors (Lipinski definition) is 0. The van der Waals surface area contributed by atoms with Gasteiger partial charge in [0.25, 0.3) is 0 Å². The second kappa shape index (κ2) is 3.28. The fourth-order valence-electron chi connectivity index (χ4n) is 0.837. The first-order valence-electron chi connectivity index (χ1n) is 3.70. The number of aryl methyl sites for hydroxylation is 1. The standard InChI is InChI=1S/C9H11NO/c1-3-9(11)8-5-4-7(2)10-6-8/h4-6H,3H2,1-2H3. The van der Waals surface area contributed by atoms with Crippen molar-refractivity contribution in [3.63, 3.8) is 0 Å². The summed E-state index contributed by atoms with van der Waals surface area (Å²) in [4.78, 5) is 15.1. The molecule has 1 aromatic heterocycles. The number of pyridine rings is 1. The highest BCUT2D eigenvalue weighted by Gasteiger charge is 2.00. The fourth-order valence-corrected chi connectivity index (χ4v) is 0.837. The second-order valence-corrected chi connectivity index (χ2v) is 2.46. The lowest BCUT2D eigenvalue weighted by molar-refractivity contribution is 0.0988. The molecule has 0 aromatic carbocycles. The Kier molecular flexibility index (Phi) is 2.36. The summed E-state index contributed by atoms with van der Waals surface area (Å²) in [6.45, 7) is 3.75.